The zero-order valence-corrected chi connectivity index (χ0v) is 14.4. The lowest BCUT2D eigenvalue weighted by Crippen LogP contribution is -2.23. The van der Waals surface area contributed by atoms with Gasteiger partial charge in [-0.3, -0.25) is 9.78 Å². The molecule has 0 fully saturated rings. The number of nitrogens with zero attached hydrogens (tertiary/aromatic N) is 2. The Bertz CT molecular complexity index is 880. The van der Waals surface area contributed by atoms with Crippen molar-refractivity contribution in [1.29, 1.82) is 5.26 Å². The van der Waals surface area contributed by atoms with Crippen molar-refractivity contribution in [2.24, 2.45) is 0 Å². The lowest BCUT2D eigenvalue weighted by atomic mass is 10.1. The van der Waals surface area contributed by atoms with Crippen LogP contribution in [-0.2, 0) is 17.8 Å². The Balaban J connectivity index is 1.55. The number of hydrogen-bond donors (Lipinski definition) is 1. The minimum Gasteiger partial charge on any atom is -0.352 e. The molecule has 3 rings (SSSR count). The maximum atomic E-state index is 12.1. The Hall–Kier alpha value is -2.97. The van der Waals surface area contributed by atoms with Crippen LogP contribution in [0.2, 0.25) is 0 Å². The number of thiophene rings is 1. The molecule has 0 bridgehead atoms. The van der Waals surface area contributed by atoms with Crippen LogP contribution in [0.5, 0.6) is 0 Å². The number of rotatable bonds is 6. The molecule has 0 aliphatic rings. The van der Waals surface area contributed by atoms with Crippen LogP contribution in [0.3, 0.4) is 0 Å². The number of nitriles is 1. The molecular formula is C20H17N3OS. The third kappa shape index (κ3) is 4.52. The number of carbonyl (C=O) groups excluding carboxylic acids is 1. The van der Waals surface area contributed by atoms with Crippen LogP contribution >= 0.6 is 11.3 Å². The van der Waals surface area contributed by atoms with E-state index in [1.165, 1.54) is 0 Å². The van der Waals surface area contributed by atoms with Gasteiger partial charge in [-0.25, -0.2) is 0 Å². The van der Waals surface area contributed by atoms with E-state index in [9.17, 15) is 4.79 Å². The van der Waals surface area contributed by atoms with E-state index in [2.05, 4.69) is 16.4 Å². The predicted octanol–water partition coefficient (Wildman–Crippen LogP) is 3.93. The SMILES string of the molecule is N#Cc1ccc(CCC(=O)NCc2cccnc2-c2cccs2)cc1. The van der Waals surface area contributed by atoms with Gasteiger partial charge in [0, 0.05) is 19.2 Å². The average molecular weight is 347 g/mol. The van der Waals surface area contributed by atoms with Gasteiger partial charge < -0.3 is 5.32 Å². The highest BCUT2D eigenvalue weighted by atomic mass is 32.1. The Kier molecular flexibility index (Phi) is 5.55. The third-order valence-electron chi connectivity index (χ3n) is 3.85. The monoisotopic (exact) mass is 347 g/mol. The number of benzene rings is 1. The molecule has 4 nitrogen and oxygen atoms in total. The van der Waals surface area contributed by atoms with Gasteiger partial charge in [0.05, 0.1) is 22.2 Å². The minimum absolute atomic E-state index is 0.00495. The maximum absolute atomic E-state index is 12.1. The molecule has 0 atom stereocenters. The van der Waals surface area contributed by atoms with Crippen molar-refractivity contribution < 1.29 is 4.79 Å². The largest absolute Gasteiger partial charge is 0.352 e. The van der Waals surface area contributed by atoms with Crippen molar-refractivity contribution in [3.63, 3.8) is 0 Å². The summed E-state index contributed by atoms with van der Waals surface area (Å²) in [5.74, 6) is 0.00495. The Morgan fingerprint density at radius 3 is 2.72 bits per heavy atom. The Morgan fingerprint density at radius 1 is 1.16 bits per heavy atom. The molecule has 124 valence electrons. The maximum Gasteiger partial charge on any atom is 0.220 e. The highest BCUT2D eigenvalue weighted by Gasteiger charge is 2.09. The third-order valence-corrected chi connectivity index (χ3v) is 4.72. The molecule has 5 heteroatoms. The van der Waals surface area contributed by atoms with Crippen molar-refractivity contribution in [2.45, 2.75) is 19.4 Å². The molecule has 0 saturated heterocycles. The molecule has 0 unspecified atom stereocenters. The quantitative estimate of drug-likeness (QED) is 0.735. The van der Waals surface area contributed by atoms with E-state index in [0.717, 1.165) is 21.7 Å². The first-order chi connectivity index (χ1) is 12.3. The van der Waals surface area contributed by atoms with Crippen LogP contribution in [0.25, 0.3) is 10.6 Å². The molecule has 3 aromatic rings. The van der Waals surface area contributed by atoms with E-state index in [-0.39, 0.29) is 5.91 Å². The van der Waals surface area contributed by atoms with Crippen LogP contribution in [0, 0.1) is 11.3 Å². The number of carbonyl (C=O) groups is 1. The van der Waals surface area contributed by atoms with Crippen molar-refractivity contribution in [1.82, 2.24) is 10.3 Å². The van der Waals surface area contributed by atoms with Gasteiger partial charge in [0.25, 0.3) is 0 Å². The predicted molar refractivity (Wildman–Crippen MR) is 98.9 cm³/mol. The Labute approximate surface area is 150 Å². The molecule has 2 heterocycles. The first-order valence-electron chi connectivity index (χ1n) is 8.00. The summed E-state index contributed by atoms with van der Waals surface area (Å²) >= 11 is 1.64. The topological polar surface area (TPSA) is 65.8 Å². The minimum atomic E-state index is 0.00495. The van der Waals surface area contributed by atoms with Gasteiger partial charge in [-0.15, -0.1) is 11.3 Å². The van der Waals surface area contributed by atoms with Gasteiger partial charge >= 0.3 is 0 Å². The molecule has 2 aromatic heterocycles. The highest BCUT2D eigenvalue weighted by Crippen LogP contribution is 2.25. The van der Waals surface area contributed by atoms with E-state index < -0.39 is 0 Å². The van der Waals surface area contributed by atoms with Gasteiger partial charge in [0.2, 0.25) is 5.91 Å². The summed E-state index contributed by atoms with van der Waals surface area (Å²) in [7, 11) is 0. The summed E-state index contributed by atoms with van der Waals surface area (Å²) < 4.78 is 0. The van der Waals surface area contributed by atoms with E-state index in [4.69, 9.17) is 5.26 Å². The van der Waals surface area contributed by atoms with Crippen molar-refractivity contribution in [2.75, 3.05) is 0 Å². The molecule has 1 amide bonds. The zero-order valence-electron chi connectivity index (χ0n) is 13.6. The smallest absolute Gasteiger partial charge is 0.220 e. The van der Waals surface area contributed by atoms with Crippen molar-refractivity contribution in [3.8, 4) is 16.6 Å². The highest BCUT2D eigenvalue weighted by molar-refractivity contribution is 7.13. The summed E-state index contributed by atoms with van der Waals surface area (Å²) in [6.45, 7) is 0.466. The Morgan fingerprint density at radius 2 is 2.00 bits per heavy atom. The average Bonchev–Trinajstić information content (AvgIpc) is 3.20. The molecular weight excluding hydrogens is 330 g/mol. The summed E-state index contributed by atoms with van der Waals surface area (Å²) in [6, 6.07) is 17.3. The lowest BCUT2D eigenvalue weighted by molar-refractivity contribution is -0.121. The van der Waals surface area contributed by atoms with E-state index in [1.807, 2.05) is 41.8 Å². The van der Waals surface area contributed by atoms with Crippen LogP contribution in [0.15, 0.2) is 60.1 Å². The van der Waals surface area contributed by atoms with Gasteiger partial charge in [-0.05, 0) is 47.2 Å². The zero-order chi connectivity index (χ0) is 17.5. The van der Waals surface area contributed by atoms with Crippen LogP contribution < -0.4 is 5.32 Å². The molecule has 0 radical (unpaired) electrons. The first kappa shape index (κ1) is 16.9. The molecule has 25 heavy (non-hydrogen) atoms. The molecule has 0 spiro atoms. The second-order valence-corrected chi connectivity index (χ2v) is 6.52. The first-order valence-corrected chi connectivity index (χ1v) is 8.88. The summed E-state index contributed by atoms with van der Waals surface area (Å²) in [6.07, 6.45) is 2.84. The van der Waals surface area contributed by atoms with Gasteiger partial charge in [0.1, 0.15) is 0 Å². The number of amides is 1. The van der Waals surface area contributed by atoms with Gasteiger partial charge in [-0.2, -0.15) is 5.26 Å². The number of hydrogen-bond acceptors (Lipinski definition) is 4. The van der Waals surface area contributed by atoms with E-state index in [0.29, 0.717) is 24.9 Å². The molecule has 1 N–H and O–H groups in total. The number of nitrogens with one attached hydrogen (secondary N) is 1. The fourth-order valence-corrected chi connectivity index (χ4v) is 3.26. The van der Waals surface area contributed by atoms with Crippen LogP contribution in [0.1, 0.15) is 23.1 Å². The summed E-state index contributed by atoms with van der Waals surface area (Å²) in [4.78, 5) is 17.7. The second-order valence-electron chi connectivity index (χ2n) is 5.57. The van der Waals surface area contributed by atoms with Crippen LogP contribution in [0.4, 0.5) is 0 Å². The fourth-order valence-electron chi connectivity index (χ4n) is 2.50. The van der Waals surface area contributed by atoms with Gasteiger partial charge in [-0.1, -0.05) is 24.3 Å². The van der Waals surface area contributed by atoms with Crippen LogP contribution in [-0.4, -0.2) is 10.9 Å². The number of aryl methyl sites for hydroxylation is 1. The summed E-state index contributed by atoms with van der Waals surface area (Å²) in [5.41, 5.74) is 3.61. The summed E-state index contributed by atoms with van der Waals surface area (Å²) in [5, 5.41) is 13.8. The fraction of sp³-hybridized carbons (Fsp3) is 0.150. The van der Waals surface area contributed by atoms with Crippen molar-refractivity contribution in [3.05, 3.63) is 76.8 Å². The van der Waals surface area contributed by atoms with E-state index in [1.54, 1.807) is 29.7 Å². The molecule has 0 saturated carbocycles. The molecule has 1 aromatic carbocycles. The standard InChI is InChI=1S/C20H17N3OS/c21-13-16-7-5-15(6-8-16)9-10-19(24)23-14-17-3-1-11-22-20(17)18-4-2-12-25-18/h1-8,11-12H,9-10,14H2,(H,23,24). The number of aromatic nitrogens is 1. The number of pyridine rings is 1. The molecule has 0 aliphatic carbocycles. The van der Waals surface area contributed by atoms with Gasteiger partial charge in [0.15, 0.2) is 0 Å². The second kappa shape index (κ2) is 8.22. The van der Waals surface area contributed by atoms with E-state index >= 15 is 0 Å². The van der Waals surface area contributed by atoms with Crippen molar-refractivity contribution >= 4 is 17.2 Å². The lowest BCUT2D eigenvalue weighted by Gasteiger charge is -2.09. The normalized spacial score (nSPS) is 10.2. The molecule has 0 aliphatic heterocycles.